The topological polar surface area (TPSA) is 160 Å². The molecule has 0 aliphatic carbocycles. The minimum atomic E-state index is -5.81. The lowest BCUT2D eigenvalue weighted by Gasteiger charge is -2.33. The van der Waals surface area contributed by atoms with Crippen molar-refractivity contribution in [3.8, 4) is 10.6 Å². The molecule has 1 aliphatic rings. The molecule has 12 nitrogen and oxygen atoms in total. The summed E-state index contributed by atoms with van der Waals surface area (Å²) in [5.74, 6) is -1.77. The van der Waals surface area contributed by atoms with Crippen LogP contribution in [0.2, 0.25) is 0 Å². The van der Waals surface area contributed by atoms with Gasteiger partial charge in [0.2, 0.25) is 17.7 Å². The number of alkyl halides is 2. The third-order valence-electron chi connectivity index (χ3n) is 9.10. The van der Waals surface area contributed by atoms with Crippen molar-refractivity contribution < 1.29 is 42.3 Å². The van der Waals surface area contributed by atoms with Crippen molar-refractivity contribution in [3.05, 3.63) is 106 Å². The van der Waals surface area contributed by atoms with Crippen LogP contribution < -0.4 is 10.2 Å². The number of thiazole rings is 1. The predicted molar refractivity (Wildman–Crippen MR) is 202 cm³/mol. The molecule has 3 N–H and O–H groups in total. The number of carbonyl (C=O) groups excluding carboxylic acids is 4. The van der Waals surface area contributed by atoms with E-state index in [2.05, 4.69) is 10.3 Å². The van der Waals surface area contributed by atoms with Gasteiger partial charge < -0.3 is 29.8 Å². The minimum absolute atomic E-state index is 0.0456. The quantitative estimate of drug-likeness (QED) is 0.126. The molecule has 282 valence electrons. The number of nitrogens with one attached hydrogen (secondary N) is 1. The zero-order chi connectivity index (χ0) is 38.8. The average Bonchev–Trinajstić information content (AvgIpc) is 3.95. The maximum absolute atomic E-state index is 14.5. The van der Waals surface area contributed by atoms with Crippen LogP contribution >= 0.6 is 30.3 Å². The van der Waals surface area contributed by atoms with Gasteiger partial charge in [0.1, 0.15) is 17.1 Å². The summed E-state index contributed by atoms with van der Waals surface area (Å²) in [7, 11) is -2.55. The number of thiophene rings is 1. The maximum Gasteiger partial charge on any atom is 0.399 e. The van der Waals surface area contributed by atoms with Gasteiger partial charge in [-0.2, -0.15) is 8.78 Å². The Morgan fingerprint density at radius 3 is 2.41 bits per heavy atom. The first-order valence-corrected chi connectivity index (χ1v) is 20.1. The molecule has 1 aliphatic heterocycles. The molecule has 3 aromatic carbocycles. The van der Waals surface area contributed by atoms with E-state index in [0.29, 0.717) is 28.8 Å². The van der Waals surface area contributed by atoms with Gasteiger partial charge in [0.05, 0.1) is 4.88 Å². The summed E-state index contributed by atoms with van der Waals surface area (Å²) in [6.45, 7) is 0.304. The van der Waals surface area contributed by atoms with E-state index in [1.807, 2.05) is 17.5 Å². The van der Waals surface area contributed by atoms with E-state index in [1.54, 1.807) is 62.8 Å². The monoisotopic (exact) mass is 795 g/mol. The molecule has 54 heavy (non-hydrogen) atoms. The Kier molecular flexibility index (Phi) is 11.4. The number of carbonyl (C=O) groups is 4. The minimum Gasteiger partial charge on any atom is -0.349 e. The van der Waals surface area contributed by atoms with E-state index in [9.17, 15) is 42.3 Å². The van der Waals surface area contributed by atoms with E-state index < -0.39 is 42.7 Å². The molecule has 2 aromatic heterocycles. The van der Waals surface area contributed by atoms with Gasteiger partial charge >= 0.3 is 13.3 Å². The number of likely N-dealkylation sites (tertiary alicyclic amines) is 1. The number of benzene rings is 3. The normalized spacial score (nSPS) is 15.2. The largest absolute Gasteiger partial charge is 0.399 e. The SMILES string of the molecule is CN(C)C(=O)CCN(C(=O)[C@@H]1CCCN1C(=O)C(NC(=O)c1cc2cc(C(F)(F)P(=O)(O)O)ccc2s1)c1ccccc1)c1ccc(-c2nccs2)cc1. The number of halogens is 2. The summed E-state index contributed by atoms with van der Waals surface area (Å²) in [5, 5.41) is 5.61. The molecule has 1 fully saturated rings. The molecule has 0 bridgehead atoms. The first kappa shape index (κ1) is 38.9. The molecule has 0 spiro atoms. The highest BCUT2D eigenvalue weighted by Crippen LogP contribution is 2.59. The Morgan fingerprint density at radius 2 is 1.76 bits per heavy atom. The van der Waals surface area contributed by atoms with Crippen LogP contribution in [0.4, 0.5) is 14.5 Å². The van der Waals surface area contributed by atoms with Gasteiger partial charge in [0.25, 0.3) is 5.91 Å². The van der Waals surface area contributed by atoms with Crippen LogP contribution in [0.1, 0.15) is 46.1 Å². The highest BCUT2D eigenvalue weighted by molar-refractivity contribution is 7.52. The number of amides is 4. The molecule has 2 atom stereocenters. The van der Waals surface area contributed by atoms with Gasteiger partial charge in [-0.1, -0.05) is 36.4 Å². The summed E-state index contributed by atoms with van der Waals surface area (Å²) < 4.78 is 40.7. The highest BCUT2D eigenvalue weighted by Gasteiger charge is 2.50. The van der Waals surface area contributed by atoms with Crippen LogP contribution in [0.25, 0.3) is 20.7 Å². The molecule has 3 heterocycles. The number of fused-ring (bicyclic) bond motifs is 1. The number of aromatic nitrogens is 1. The van der Waals surface area contributed by atoms with Gasteiger partial charge in [0, 0.05) is 66.7 Å². The third-order valence-corrected chi connectivity index (χ3v) is 12.0. The lowest BCUT2D eigenvalue weighted by molar-refractivity contribution is -0.139. The fourth-order valence-corrected chi connectivity index (χ4v) is 8.29. The van der Waals surface area contributed by atoms with Crippen LogP contribution in [0, 0.1) is 0 Å². The van der Waals surface area contributed by atoms with Crippen LogP contribution in [-0.2, 0) is 24.6 Å². The number of hydrogen-bond donors (Lipinski definition) is 3. The fourth-order valence-electron chi connectivity index (χ4n) is 6.23. The second-order valence-corrected chi connectivity index (χ2v) is 16.5. The molecule has 5 aromatic rings. The molecular formula is C37H36F2N5O7PS2. The van der Waals surface area contributed by atoms with Gasteiger partial charge in [-0.3, -0.25) is 23.7 Å². The Bertz CT molecular complexity index is 2210. The summed E-state index contributed by atoms with van der Waals surface area (Å²) in [5.41, 5.74) is -3.47. The molecular weight excluding hydrogens is 760 g/mol. The first-order valence-electron chi connectivity index (χ1n) is 16.8. The van der Waals surface area contributed by atoms with Crippen molar-refractivity contribution in [1.82, 2.24) is 20.1 Å². The Morgan fingerprint density at radius 1 is 1.04 bits per heavy atom. The van der Waals surface area contributed by atoms with Gasteiger partial charge in [0.15, 0.2) is 0 Å². The molecule has 0 radical (unpaired) electrons. The van der Waals surface area contributed by atoms with Crippen molar-refractivity contribution in [2.24, 2.45) is 0 Å². The molecule has 1 unspecified atom stereocenters. The van der Waals surface area contributed by atoms with Gasteiger partial charge in [-0.05, 0) is 66.3 Å². The van der Waals surface area contributed by atoms with E-state index in [-0.39, 0.29) is 41.6 Å². The smallest absolute Gasteiger partial charge is 0.349 e. The Balaban J connectivity index is 1.27. The van der Waals surface area contributed by atoms with Crippen LogP contribution in [0.15, 0.2) is 90.4 Å². The molecule has 4 amide bonds. The second-order valence-electron chi connectivity index (χ2n) is 12.9. The van der Waals surface area contributed by atoms with E-state index in [1.165, 1.54) is 38.2 Å². The van der Waals surface area contributed by atoms with E-state index >= 15 is 0 Å². The molecule has 1 saturated heterocycles. The number of nitrogens with zero attached hydrogens (tertiary/aromatic N) is 4. The van der Waals surface area contributed by atoms with Crippen molar-refractivity contribution in [2.45, 2.75) is 37.0 Å². The van der Waals surface area contributed by atoms with Crippen LogP contribution in [0.5, 0.6) is 0 Å². The third kappa shape index (κ3) is 8.12. The summed E-state index contributed by atoms with van der Waals surface area (Å²) >= 11 is 2.43. The second kappa shape index (κ2) is 15.9. The van der Waals surface area contributed by atoms with Crippen LogP contribution in [0.3, 0.4) is 0 Å². The Hall–Kier alpha value is -4.86. The summed E-state index contributed by atoms with van der Waals surface area (Å²) in [4.78, 5) is 82.5. The lowest BCUT2D eigenvalue weighted by Crippen LogP contribution is -2.51. The predicted octanol–water partition coefficient (Wildman–Crippen LogP) is 6.23. The molecule has 6 rings (SSSR count). The van der Waals surface area contributed by atoms with E-state index in [4.69, 9.17) is 0 Å². The van der Waals surface area contributed by atoms with Crippen LogP contribution in [-0.4, -0.2) is 81.4 Å². The number of hydrogen-bond acceptors (Lipinski definition) is 8. The highest BCUT2D eigenvalue weighted by atomic mass is 32.1. The lowest BCUT2D eigenvalue weighted by atomic mass is 10.0. The average molecular weight is 796 g/mol. The molecule has 17 heteroatoms. The number of rotatable bonds is 12. The maximum atomic E-state index is 14.5. The standard InChI is InChI=1S/C37H36F2N5O7PS2/c1-42(2)31(45)16-19-43(27-13-10-24(11-14-27)34-40-17-20-53-34)35(47)28-9-6-18-44(28)36(48)32(23-7-4-3-5-8-23)41-33(46)30-22-25-21-26(12-15-29(25)54-30)37(38,39)52(49,50)51/h3-5,7-8,10-15,17,20-22,28,32H,6,9,16,18-19H2,1-2H3,(H,41,46)(H2,49,50,51)/t28-,32?/m0/s1. The molecule has 0 saturated carbocycles. The van der Waals surface area contributed by atoms with Gasteiger partial charge in [-0.15, -0.1) is 22.7 Å². The summed E-state index contributed by atoms with van der Waals surface area (Å²) in [6, 6.07) is 18.0. The van der Waals surface area contributed by atoms with Gasteiger partial charge in [-0.25, -0.2) is 4.98 Å². The fraction of sp³-hybridized carbons (Fsp3) is 0.270. The van der Waals surface area contributed by atoms with Crippen molar-refractivity contribution in [1.29, 1.82) is 0 Å². The zero-order valence-corrected chi connectivity index (χ0v) is 31.6. The van der Waals surface area contributed by atoms with E-state index in [0.717, 1.165) is 34.0 Å². The van der Waals surface area contributed by atoms with Crippen molar-refractivity contribution in [2.75, 3.05) is 32.1 Å². The zero-order valence-electron chi connectivity index (χ0n) is 29.1. The number of anilines is 1. The van der Waals surface area contributed by atoms with Crippen molar-refractivity contribution in [3.63, 3.8) is 0 Å². The Labute approximate surface area is 317 Å². The summed E-state index contributed by atoms with van der Waals surface area (Å²) in [6.07, 6.45) is 2.62. The first-order chi connectivity index (χ1) is 25.7. The van der Waals surface area contributed by atoms with Crippen molar-refractivity contribution >= 4 is 69.7 Å².